The third-order valence-corrected chi connectivity index (χ3v) is 2.78. The van der Waals surface area contributed by atoms with Crippen molar-refractivity contribution in [2.24, 2.45) is 0 Å². The molecule has 69 valence electrons. The average Bonchev–Trinajstić information content (AvgIpc) is 2.20. The van der Waals surface area contributed by atoms with E-state index in [0.717, 1.165) is 30.7 Å². The quantitative estimate of drug-likeness (QED) is 0.732. The van der Waals surface area contributed by atoms with Gasteiger partial charge in [0, 0.05) is 36.3 Å². The molecule has 0 bridgehead atoms. The Labute approximate surface area is 87.1 Å². The standard InChI is InChI=1S/C10H12BrN2/c11-9-1-3-10(4-2-9)13-7-5-12-6-8-13/h1-4H,5-8H2. The third kappa shape index (κ3) is 2.23. The summed E-state index contributed by atoms with van der Waals surface area (Å²) in [6.07, 6.45) is 0. The predicted molar refractivity (Wildman–Crippen MR) is 58.2 cm³/mol. The number of nitrogens with zero attached hydrogens (tertiary/aromatic N) is 2. The first-order chi connectivity index (χ1) is 6.36. The maximum absolute atomic E-state index is 4.32. The van der Waals surface area contributed by atoms with E-state index < -0.39 is 0 Å². The molecular weight excluding hydrogens is 228 g/mol. The van der Waals surface area contributed by atoms with Crippen molar-refractivity contribution in [1.29, 1.82) is 0 Å². The van der Waals surface area contributed by atoms with Crippen LogP contribution >= 0.6 is 15.9 Å². The molecule has 13 heavy (non-hydrogen) atoms. The second kappa shape index (κ2) is 4.11. The number of rotatable bonds is 1. The number of piperazine rings is 1. The molecule has 1 aliphatic heterocycles. The van der Waals surface area contributed by atoms with Crippen LogP contribution in [0.4, 0.5) is 5.69 Å². The average molecular weight is 240 g/mol. The number of anilines is 1. The highest BCUT2D eigenvalue weighted by Gasteiger charge is 2.09. The summed E-state index contributed by atoms with van der Waals surface area (Å²) in [4.78, 5) is 2.37. The molecular formula is C10H12BrN2. The van der Waals surface area contributed by atoms with Gasteiger partial charge in [-0.05, 0) is 24.3 Å². The molecule has 2 rings (SSSR count). The van der Waals surface area contributed by atoms with Crippen molar-refractivity contribution in [2.75, 3.05) is 31.1 Å². The van der Waals surface area contributed by atoms with Gasteiger partial charge in [-0.15, -0.1) is 0 Å². The summed E-state index contributed by atoms with van der Waals surface area (Å²) in [7, 11) is 0. The van der Waals surface area contributed by atoms with Crippen LogP contribution in [-0.4, -0.2) is 26.2 Å². The molecule has 0 aliphatic carbocycles. The third-order valence-electron chi connectivity index (χ3n) is 2.25. The first-order valence-corrected chi connectivity index (χ1v) is 5.29. The molecule has 1 radical (unpaired) electrons. The summed E-state index contributed by atoms with van der Waals surface area (Å²) in [5.74, 6) is 0. The van der Waals surface area contributed by atoms with Crippen LogP contribution in [0.25, 0.3) is 0 Å². The smallest absolute Gasteiger partial charge is 0.0367 e. The van der Waals surface area contributed by atoms with E-state index >= 15 is 0 Å². The van der Waals surface area contributed by atoms with E-state index in [1.54, 1.807) is 0 Å². The van der Waals surface area contributed by atoms with Gasteiger partial charge in [0.1, 0.15) is 0 Å². The van der Waals surface area contributed by atoms with Crippen molar-refractivity contribution in [3.63, 3.8) is 0 Å². The van der Waals surface area contributed by atoms with Crippen molar-refractivity contribution < 1.29 is 0 Å². The Morgan fingerprint density at radius 1 is 1.08 bits per heavy atom. The van der Waals surface area contributed by atoms with Crippen LogP contribution in [0.15, 0.2) is 28.7 Å². The molecule has 3 heteroatoms. The van der Waals surface area contributed by atoms with E-state index in [4.69, 9.17) is 0 Å². The molecule has 1 aromatic carbocycles. The van der Waals surface area contributed by atoms with E-state index in [9.17, 15) is 0 Å². The van der Waals surface area contributed by atoms with E-state index in [0.29, 0.717) is 0 Å². The Balaban J connectivity index is 2.10. The second-order valence-electron chi connectivity index (χ2n) is 3.13. The Bertz CT molecular complexity index is 265. The molecule has 0 amide bonds. The summed E-state index contributed by atoms with van der Waals surface area (Å²) in [5, 5.41) is 4.32. The Hall–Kier alpha value is -0.540. The van der Waals surface area contributed by atoms with Crippen molar-refractivity contribution in [2.45, 2.75) is 0 Å². The van der Waals surface area contributed by atoms with Crippen LogP contribution in [0.2, 0.25) is 0 Å². The fourth-order valence-corrected chi connectivity index (χ4v) is 1.78. The molecule has 0 spiro atoms. The molecule has 1 aliphatic rings. The Morgan fingerprint density at radius 3 is 2.31 bits per heavy atom. The van der Waals surface area contributed by atoms with Gasteiger partial charge >= 0.3 is 0 Å². The minimum absolute atomic E-state index is 0.968. The van der Waals surface area contributed by atoms with Gasteiger partial charge in [0.05, 0.1) is 0 Å². The zero-order chi connectivity index (χ0) is 9.10. The van der Waals surface area contributed by atoms with Gasteiger partial charge in [0.15, 0.2) is 0 Å². The fraction of sp³-hybridized carbons (Fsp3) is 0.400. The molecule has 0 unspecified atom stereocenters. The first-order valence-electron chi connectivity index (χ1n) is 4.50. The van der Waals surface area contributed by atoms with Gasteiger partial charge in [-0.25, -0.2) is 5.32 Å². The monoisotopic (exact) mass is 239 g/mol. The fourth-order valence-electron chi connectivity index (χ4n) is 1.52. The zero-order valence-electron chi connectivity index (χ0n) is 7.41. The highest BCUT2D eigenvalue weighted by molar-refractivity contribution is 9.10. The number of halogens is 1. The summed E-state index contributed by atoms with van der Waals surface area (Å²) in [6.45, 7) is 4.05. The van der Waals surface area contributed by atoms with Crippen LogP contribution < -0.4 is 10.2 Å². The molecule has 1 aromatic rings. The number of hydrogen-bond donors (Lipinski definition) is 0. The zero-order valence-corrected chi connectivity index (χ0v) is 9.00. The van der Waals surface area contributed by atoms with E-state index in [-0.39, 0.29) is 0 Å². The highest BCUT2D eigenvalue weighted by Crippen LogP contribution is 2.18. The number of hydrogen-bond acceptors (Lipinski definition) is 1. The summed E-state index contributed by atoms with van der Waals surface area (Å²) < 4.78 is 1.14. The van der Waals surface area contributed by atoms with Crippen LogP contribution in [0.3, 0.4) is 0 Å². The largest absolute Gasteiger partial charge is 0.369 e. The van der Waals surface area contributed by atoms with Gasteiger partial charge in [-0.1, -0.05) is 15.9 Å². The van der Waals surface area contributed by atoms with Crippen LogP contribution in [0.5, 0.6) is 0 Å². The molecule has 0 N–H and O–H groups in total. The van der Waals surface area contributed by atoms with Crippen LogP contribution in [-0.2, 0) is 0 Å². The van der Waals surface area contributed by atoms with Crippen molar-refractivity contribution in [3.8, 4) is 0 Å². The topological polar surface area (TPSA) is 17.3 Å². The minimum Gasteiger partial charge on any atom is -0.369 e. The molecule has 1 heterocycles. The predicted octanol–water partition coefficient (Wildman–Crippen LogP) is 1.87. The molecule has 1 saturated heterocycles. The maximum Gasteiger partial charge on any atom is 0.0367 e. The lowest BCUT2D eigenvalue weighted by molar-refractivity contribution is 0.579. The van der Waals surface area contributed by atoms with E-state index in [2.05, 4.69) is 50.4 Å². The minimum atomic E-state index is 0.968. The van der Waals surface area contributed by atoms with E-state index in [1.807, 2.05) is 0 Å². The van der Waals surface area contributed by atoms with Gasteiger partial charge in [-0.3, -0.25) is 0 Å². The van der Waals surface area contributed by atoms with Crippen LogP contribution in [0.1, 0.15) is 0 Å². The Kier molecular flexibility index (Phi) is 2.86. The van der Waals surface area contributed by atoms with Crippen molar-refractivity contribution in [3.05, 3.63) is 28.7 Å². The van der Waals surface area contributed by atoms with Crippen LogP contribution in [0, 0.1) is 0 Å². The SMILES string of the molecule is Brc1ccc(N2CC[N]CC2)cc1. The number of benzene rings is 1. The summed E-state index contributed by atoms with van der Waals surface area (Å²) >= 11 is 3.43. The molecule has 0 saturated carbocycles. The van der Waals surface area contributed by atoms with Crippen molar-refractivity contribution >= 4 is 21.6 Å². The molecule has 1 fully saturated rings. The summed E-state index contributed by atoms with van der Waals surface area (Å²) in [5.41, 5.74) is 1.30. The lowest BCUT2D eigenvalue weighted by Gasteiger charge is -2.28. The van der Waals surface area contributed by atoms with Gasteiger partial charge in [-0.2, -0.15) is 0 Å². The summed E-state index contributed by atoms with van der Waals surface area (Å²) in [6, 6.07) is 8.47. The molecule has 0 atom stereocenters. The van der Waals surface area contributed by atoms with Gasteiger partial charge < -0.3 is 4.90 Å². The van der Waals surface area contributed by atoms with Gasteiger partial charge in [0.2, 0.25) is 0 Å². The van der Waals surface area contributed by atoms with Gasteiger partial charge in [0.25, 0.3) is 0 Å². The van der Waals surface area contributed by atoms with E-state index in [1.165, 1.54) is 5.69 Å². The normalized spacial score (nSPS) is 17.5. The highest BCUT2D eigenvalue weighted by atomic mass is 79.9. The van der Waals surface area contributed by atoms with Crippen molar-refractivity contribution in [1.82, 2.24) is 5.32 Å². The first kappa shape index (κ1) is 9.03. The molecule has 2 nitrogen and oxygen atoms in total. The maximum atomic E-state index is 4.32. The lowest BCUT2D eigenvalue weighted by atomic mass is 10.2. The lowest BCUT2D eigenvalue weighted by Crippen LogP contribution is -2.40. The Morgan fingerprint density at radius 2 is 1.69 bits per heavy atom. The second-order valence-corrected chi connectivity index (χ2v) is 4.05. The molecule has 0 aromatic heterocycles.